The van der Waals surface area contributed by atoms with Gasteiger partial charge in [0.1, 0.15) is 5.69 Å². The summed E-state index contributed by atoms with van der Waals surface area (Å²) in [5.41, 5.74) is 2.70. The molecule has 0 aliphatic heterocycles. The molecular formula is C11H17N5O. The van der Waals surface area contributed by atoms with Crippen molar-refractivity contribution in [3.05, 3.63) is 18.1 Å². The molecule has 1 aromatic rings. The van der Waals surface area contributed by atoms with Crippen LogP contribution in [0.5, 0.6) is 0 Å². The van der Waals surface area contributed by atoms with Gasteiger partial charge in [-0.3, -0.25) is 9.78 Å². The van der Waals surface area contributed by atoms with Crippen LogP contribution in [0, 0.1) is 5.92 Å². The number of carbonyl (C=O) groups excluding carboxylic acids is 1. The molecule has 2 rings (SSSR count). The fourth-order valence-corrected chi connectivity index (χ4v) is 1.88. The topological polar surface area (TPSA) is 84.1 Å². The van der Waals surface area contributed by atoms with Crippen LogP contribution in [-0.4, -0.2) is 34.4 Å². The van der Waals surface area contributed by atoms with Crippen molar-refractivity contribution in [2.75, 3.05) is 19.0 Å². The van der Waals surface area contributed by atoms with Crippen molar-refractivity contribution in [3.8, 4) is 0 Å². The molecule has 1 heterocycles. The fourth-order valence-electron chi connectivity index (χ4n) is 1.88. The third-order valence-corrected chi connectivity index (χ3v) is 3.11. The quantitative estimate of drug-likeness (QED) is 0.591. The van der Waals surface area contributed by atoms with E-state index in [4.69, 9.17) is 5.84 Å². The summed E-state index contributed by atoms with van der Waals surface area (Å²) in [6.45, 7) is 0.792. The molecule has 6 heteroatoms. The van der Waals surface area contributed by atoms with Gasteiger partial charge in [0.05, 0.1) is 12.4 Å². The predicted octanol–water partition coefficient (Wildman–Crippen LogP) is 0.634. The van der Waals surface area contributed by atoms with Gasteiger partial charge >= 0.3 is 0 Å². The highest BCUT2D eigenvalue weighted by Crippen LogP contribution is 2.26. The van der Waals surface area contributed by atoms with Crippen LogP contribution < -0.4 is 11.3 Å². The van der Waals surface area contributed by atoms with Crippen molar-refractivity contribution >= 4 is 11.7 Å². The first kappa shape index (κ1) is 11.8. The Bertz CT molecular complexity index is 405. The van der Waals surface area contributed by atoms with E-state index in [0.717, 1.165) is 6.54 Å². The van der Waals surface area contributed by atoms with Crippen molar-refractivity contribution in [2.45, 2.75) is 19.3 Å². The molecule has 1 aromatic heterocycles. The molecule has 1 fully saturated rings. The first-order chi connectivity index (χ1) is 8.20. The monoisotopic (exact) mass is 235 g/mol. The Kier molecular flexibility index (Phi) is 3.53. The lowest BCUT2D eigenvalue weighted by Gasteiger charge is -2.29. The molecule has 92 valence electrons. The lowest BCUT2D eigenvalue weighted by atomic mass is 9.85. The highest BCUT2D eigenvalue weighted by Gasteiger charge is 2.22. The van der Waals surface area contributed by atoms with Crippen LogP contribution in [0.2, 0.25) is 0 Å². The summed E-state index contributed by atoms with van der Waals surface area (Å²) in [5.74, 6) is 6.16. The lowest BCUT2D eigenvalue weighted by Crippen LogP contribution is -2.34. The van der Waals surface area contributed by atoms with Crippen molar-refractivity contribution in [1.29, 1.82) is 0 Å². The summed E-state index contributed by atoms with van der Waals surface area (Å²) in [6, 6.07) is 0. The lowest BCUT2D eigenvalue weighted by molar-refractivity contribution is 0.0739. The normalized spacial score (nSPS) is 15.2. The van der Waals surface area contributed by atoms with E-state index in [1.807, 2.05) is 0 Å². The molecule has 3 N–H and O–H groups in total. The Morgan fingerprint density at radius 1 is 1.59 bits per heavy atom. The minimum atomic E-state index is -0.110. The van der Waals surface area contributed by atoms with Crippen molar-refractivity contribution in [3.63, 3.8) is 0 Å². The second-order valence-electron chi connectivity index (χ2n) is 4.42. The van der Waals surface area contributed by atoms with E-state index >= 15 is 0 Å². The molecule has 0 aromatic carbocycles. The Morgan fingerprint density at radius 3 is 2.94 bits per heavy atom. The Hall–Kier alpha value is -1.69. The largest absolute Gasteiger partial charge is 0.340 e. The summed E-state index contributed by atoms with van der Waals surface area (Å²) in [4.78, 5) is 21.7. The molecule has 1 amide bonds. The third kappa shape index (κ3) is 2.71. The number of hydrogen-bond donors (Lipinski definition) is 2. The molecule has 0 saturated heterocycles. The number of amides is 1. The number of anilines is 1. The Balaban J connectivity index is 2.01. The summed E-state index contributed by atoms with van der Waals surface area (Å²) in [5, 5.41) is 0. The Morgan fingerprint density at radius 2 is 2.35 bits per heavy atom. The second-order valence-corrected chi connectivity index (χ2v) is 4.42. The standard InChI is InChI=1S/C11H17N5O/c1-16(7-8-3-2-4-8)11(17)9-5-13-6-10(14-9)15-12/h5-6,8H,2-4,7,12H2,1H3,(H,14,15). The molecular weight excluding hydrogens is 218 g/mol. The predicted molar refractivity (Wildman–Crippen MR) is 64.1 cm³/mol. The summed E-state index contributed by atoms with van der Waals surface area (Å²) < 4.78 is 0. The van der Waals surface area contributed by atoms with E-state index in [-0.39, 0.29) is 5.91 Å². The maximum absolute atomic E-state index is 12.0. The highest BCUT2D eigenvalue weighted by atomic mass is 16.2. The number of nitrogen functional groups attached to an aromatic ring is 1. The van der Waals surface area contributed by atoms with Gasteiger partial charge in [0, 0.05) is 13.6 Å². The van der Waals surface area contributed by atoms with E-state index in [9.17, 15) is 4.79 Å². The number of nitrogens with two attached hydrogens (primary N) is 1. The van der Waals surface area contributed by atoms with Crippen LogP contribution in [0.1, 0.15) is 29.8 Å². The number of hydrazine groups is 1. The molecule has 17 heavy (non-hydrogen) atoms. The summed E-state index contributed by atoms with van der Waals surface area (Å²) >= 11 is 0. The van der Waals surface area contributed by atoms with E-state index in [0.29, 0.717) is 17.4 Å². The van der Waals surface area contributed by atoms with E-state index in [1.54, 1.807) is 11.9 Å². The molecule has 0 bridgehead atoms. The van der Waals surface area contributed by atoms with Gasteiger partial charge < -0.3 is 10.3 Å². The van der Waals surface area contributed by atoms with Crippen LogP contribution in [0.15, 0.2) is 12.4 Å². The number of aromatic nitrogens is 2. The molecule has 1 aliphatic rings. The zero-order valence-corrected chi connectivity index (χ0v) is 9.89. The molecule has 0 atom stereocenters. The first-order valence-corrected chi connectivity index (χ1v) is 5.75. The number of nitrogens with zero attached hydrogens (tertiary/aromatic N) is 3. The molecule has 0 spiro atoms. The number of hydrogen-bond acceptors (Lipinski definition) is 5. The smallest absolute Gasteiger partial charge is 0.273 e. The van der Waals surface area contributed by atoms with Crippen molar-refractivity contribution in [1.82, 2.24) is 14.9 Å². The molecule has 0 unspecified atom stereocenters. The van der Waals surface area contributed by atoms with Crippen LogP contribution in [0.4, 0.5) is 5.82 Å². The summed E-state index contributed by atoms with van der Waals surface area (Å²) in [6.07, 6.45) is 6.64. The SMILES string of the molecule is CN(CC1CCC1)C(=O)c1cncc(NN)n1. The molecule has 0 radical (unpaired) electrons. The second kappa shape index (κ2) is 5.09. The van der Waals surface area contributed by atoms with Gasteiger partial charge in [-0.15, -0.1) is 0 Å². The molecule has 6 nitrogen and oxygen atoms in total. The average molecular weight is 235 g/mol. The van der Waals surface area contributed by atoms with Crippen LogP contribution in [0.25, 0.3) is 0 Å². The van der Waals surface area contributed by atoms with Gasteiger partial charge in [0.15, 0.2) is 5.82 Å². The number of nitrogens with one attached hydrogen (secondary N) is 1. The average Bonchev–Trinajstić information content (AvgIpc) is 2.32. The van der Waals surface area contributed by atoms with E-state index in [2.05, 4.69) is 15.4 Å². The van der Waals surface area contributed by atoms with E-state index in [1.165, 1.54) is 31.7 Å². The summed E-state index contributed by atoms with van der Waals surface area (Å²) in [7, 11) is 1.80. The maximum Gasteiger partial charge on any atom is 0.273 e. The van der Waals surface area contributed by atoms with Crippen molar-refractivity contribution in [2.24, 2.45) is 11.8 Å². The van der Waals surface area contributed by atoms with Crippen molar-refractivity contribution < 1.29 is 4.79 Å². The van der Waals surface area contributed by atoms with Crippen LogP contribution in [-0.2, 0) is 0 Å². The molecule has 1 saturated carbocycles. The number of rotatable bonds is 4. The highest BCUT2D eigenvalue weighted by molar-refractivity contribution is 5.92. The fraction of sp³-hybridized carbons (Fsp3) is 0.545. The minimum absolute atomic E-state index is 0.110. The van der Waals surface area contributed by atoms with Crippen LogP contribution in [0.3, 0.4) is 0 Å². The van der Waals surface area contributed by atoms with Gasteiger partial charge in [-0.25, -0.2) is 10.8 Å². The van der Waals surface area contributed by atoms with Crippen LogP contribution >= 0.6 is 0 Å². The van der Waals surface area contributed by atoms with Gasteiger partial charge in [-0.05, 0) is 18.8 Å². The number of carbonyl (C=O) groups is 1. The maximum atomic E-state index is 12.0. The first-order valence-electron chi connectivity index (χ1n) is 5.75. The van der Waals surface area contributed by atoms with Gasteiger partial charge in [-0.2, -0.15) is 0 Å². The minimum Gasteiger partial charge on any atom is -0.340 e. The zero-order valence-electron chi connectivity index (χ0n) is 9.89. The van der Waals surface area contributed by atoms with Gasteiger partial charge in [0.2, 0.25) is 0 Å². The zero-order chi connectivity index (χ0) is 12.3. The molecule has 1 aliphatic carbocycles. The third-order valence-electron chi connectivity index (χ3n) is 3.11. The van der Waals surface area contributed by atoms with Gasteiger partial charge in [-0.1, -0.05) is 6.42 Å². The van der Waals surface area contributed by atoms with Gasteiger partial charge in [0.25, 0.3) is 5.91 Å². The van der Waals surface area contributed by atoms with E-state index < -0.39 is 0 Å². The Labute approximate surface area is 100 Å².